The third-order valence-electron chi connectivity index (χ3n) is 5.13. The molecule has 3 heterocycles. The van der Waals surface area contributed by atoms with Crippen LogP contribution in [0.4, 0.5) is 24.8 Å². The first-order valence-corrected chi connectivity index (χ1v) is 11.0. The summed E-state index contributed by atoms with van der Waals surface area (Å²) in [6.45, 7) is 3.73. The topological polar surface area (TPSA) is 98.3 Å². The number of aromatic nitrogens is 3. The Morgan fingerprint density at radius 2 is 1.97 bits per heavy atom. The molecule has 35 heavy (non-hydrogen) atoms. The van der Waals surface area contributed by atoms with Crippen molar-refractivity contribution < 1.29 is 27.4 Å². The lowest BCUT2D eigenvalue weighted by atomic mass is 10.0. The first-order chi connectivity index (χ1) is 16.7. The molecule has 1 aliphatic rings. The van der Waals surface area contributed by atoms with Crippen molar-refractivity contribution in [3.63, 3.8) is 0 Å². The Labute approximate surface area is 199 Å². The second-order valence-corrected chi connectivity index (χ2v) is 8.09. The summed E-state index contributed by atoms with van der Waals surface area (Å²) in [4.78, 5) is 24.6. The number of aryl methyl sites for hydroxylation is 1. The molecule has 1 amide bonds. The Hall–Kier alpha value is -3.57. The molecule has 0 aliphatic carbocycles. The fourth-order valence-corrected chi connectivity index (χ4v) is 3.56. The maximum atomic E-state index is 12.7. The molecule has 1 atom stereocenters. The average Bonchev–Trinajstić information content (AvgIpc) is 2.82. The number of hydrogen-bond donors (Lipinski definition) is 2. The predicted molar refractivity (Wildman–Crippen MR) is 122 cm³/mol. The van der Waals surface area contributed by atoms with Crippen LogP contribution in [-0.4, -0.2) is 59.5 Å². The molecule has 0 bridgehead atoms. The van der Waals surface area contributed by atoms with Gasteiger partial charge in [0, 0.05) is 30.2 Å². The number of nitrogens with zero attached hydrogens (tertiary/aromatic N) is 3. The minimum atomic E-state index is -4.35. The number of rotatable bonds is 7. The Balaban J connectivity index is 1.43. The minimum absolute atomic E-state index is 0.0702. The minimum Gasteiger partial charge on any atom is -0.376 e. The highest BCUT2D eigenvalue weighted by Gasteiger charge is 2.28. The van der Waals surface area contributed by atoms with Gasteiger partial charge in [-0.1, -0.05) is 12.1 Å². The van der Waals surface area contributed by atoms with Crippen molar-refractivity contribution >= 4 is 17.5 Å². The summed E-state index contributed by atoms with van der Waals surface area (Å²) in [5.41, 5.74) is 3.25. The molecule has 4 rings (SSSR count). The maximum Gasteiger partial charge on any atom is 0.394 e. The zero-order chi connectivity index (χ0) is 24.8. The lowest BCUT2D eigenvalue weighted by molar-refractivity contribution is -0.127. The number of benzene rings is 1. The van der Waals surface area contributed by atoms with E-state index in [0.717, 1.165) is 16.7 Å². The Kier molecular flexibility index (Phi) is 7.57. The number of nitrogens with one attached hydrogen (secondary N) is 2. The molecule has 3 aromatic rings. The molecule has 0 radical (unpaired) electrons. The monoisotopic (exact) mass is 487 g/mol. The van der Waals surface area contributed by atoms with Gasteiger partial charge in [0.2, 0.25) is 5.95 Å². The van der Waals surface area contributed by atoms with Crippen LogP contribution in [0.15, 0.2) is 48.8 Å². The van der Waals surface area contributed by atoms with Crippen LogP contribution in [0, 0.1) is 6.92 Å². The lowest BCUT2D eigenvalue weighted by Gasteiger charge is -2.22. The molecule has 0 spiro atoms. The van der Waals surface area contributed by atoms with E-state index >= 15 is 0 Å². The van der Waals surface area contributed by atoms with E-state index in [1.807, 2.05) is 25.1 Å². The van der Waals surface area contributed by atoms with E-state index in [-0.39, 0.29) is 29.3 Å². The number of halogens is 3. The van der Waals surface area contributed by atoms with Crippen molar-refractivity contribution in [3.05, 3.63) is 65.7 Å². The average molecular weight is 487 g/mol. The van der Waals surface area contributed by atoms with Gasteiger partial charge in [0.05, 0.1) is 38.0 Å². The molecule has 1 aliphatic heterocycles. The van der Waals surface area contributed by atoms with Gasteiger partial charge in [0.25, 0.3) is 5.91 Å². The molecule has 1 unspecified atom stereocenters. The number of amides is 1. The molecule has 184 valence electrons. The molecule has 8 nitrogen and oxygen atoms in total. The number of anilines is 2. The van der Waals surface area contributed by atoms with Gasteiger partial charge in [0.1, 0.15) is 5.69 Å². The number of hydrogen-bond acceptors (Lipinski definition) is 7. The van der Waals surface area contributed by atoms with E-state index < -0.39 is 12.6 Å². The molecule has 2 N–H and O–H groups in total. The van der Waals surface area contributed by atoms with E-state index in [0.29, 0.717) is 32.1 Å². The van der Waals surface area contributed by atoms with Gasteiger partial charge in [0.15, 0.2) is 0 Å². The summed E-state index contributed by atoms with van der Waals surface area (Å²) in [6, 6.07) is 10.2. The number of carbonyl (C=O) groups is 1. The Bertz CT molecular complexity index is 1170. The second-order valence-electron chi connectivity index (χ2n) is 8.09. The van der Waals surface area contributed by atoms with Crippen molar-refractivity contribution in [2.75, 3.05) is 31.7 Å². The quantitative estimate of drug-likeness (QED) is 0.523. The highest BCUT2D eigenvalue weighted by Crippen LogP contribution is 2.26. The molecular weight excluding hydrogens is 463 g/mol. The molecule has 0 saturated carbocycles. The number of alkyl halides is 3. The van der Waals surface area contributed by atoms with E-state index in [9.17, 15) is 18.0 Å². The summed E-state index contributed by atoms with van der Waals surface area (Å²) >= 11 is 0. The predicted octanol–water partition coefficient (Wildman–Crippen LogP) is 3.84. The fourth-order valence-electron chi connectivity index (χ4n) is 3.56. The Morgan fingerprint density at radius 1 is 1.11 bits per heavy atom. The summed E-state index contributed by atoms with van der Waals surface area (Å²) in [6.07, 6.45) is -2.78. The van der Waals surface area contributed by atoms with E-state index in [2.05, 4.69) is 25.6 Å². The third-order valence-corrected chi connectivity index (χ3v) is 5.13. The smallest absolute Gasteiger partial charge is 0.376 e. The molecule has 11 heteroatoms. The second kappa shape index (κ2) is 10.8. The highest BCUT2D eigenvalue weighted by molar-refractivity contribution is 5.92. The van der Waals surface area contributed by atoms with Crippen LogP contribution in [-0.2, 0) is 15.9 Å². The molecule has 1 saturated heterocycles. The number of ether oxygens (including phenoxy) is 2. The molecule has 1 aromatic carbocycles. The SMILES string of the molecule is Cc1cc(Nc2nccc(CC(F)(F)F)n2)cc(-c2ccc(C(=O)NCC3COCCO3)nc2)c1. The van der Waals surface area contributed by atoms with Gasteiger partial charge in [-0.15, -0.1) is 0 Å². The van der Waals surface area contributed by atoms with Gasteiger partial charge in [-0.3, -0.25) is 9.78 Å². The van der Waals surface area contributed by atoms with Crippen molar-refractivity contribution in [1.82, 2.24) is 20.3 Å². The van der Waals surface area contributed by atoms with Crippen LogP contribution < -0.4 is 10.6 Å². The summed E-state index contributed by atoms with van der Waals surface area (Å²) in [5.74, 6) is -0.242. The van der Waals surface area contributed by atoms with Crippen LogP contribution in [0.2, 0.25) is 0 Å². The lowest BCUT2D eigenvalue weighted by Crippen LogP contribution is -2.39. The third kappa shape index (κ3) is 7.20. The standard InChI is InChI=1S/C24H24F3N5O3/c1-15-8-17(10-19(9-15)32-23-28-5-4-18(31-23)11-24(25,26)27)16-2-3-21(29-12-16)22(33)30-13-20-14-34-6-7-35-20/h2-5,8-10,12,20H,6-7,11,13-14H2,1H3,(H,30,33)(H,28,31,32). The Morgan fingerprint density at radius 3 is 2.69 bits per heavy atom. The van der Waals surface area contributed by atoms with Crippen molar-refractivity contribution in [2.24, 2.45) is 0 Å². The van der Waals surface area contributed by atoms with Crippen molar-refractivity contribution in [1.29, 1.82) is 0 Å². The van der Waals surface area contributed by atoms with Gasteiger partial charge in [-0.05, 0) is 42.3 Å². The van der Waals surface area contributed by atoms with Crippen LogP contribution in [0.1, 0.15) is 21.7 Å². The summed E-state index contributed by atoms with van der Waals surface area (Å²) < 4.78 is 48.9. The van der Waals surface area contributed by atoms with Crippen LogP contribution in [0.5, 0.6) is 0 Å². The first-order valence-electron chi connectivity index (χ1n) is 11.0. The largest absolute Gasteiger partial charge is 0.394 e. The maximum absolute atomic E-state index is 12.7. The number of carbonyl (C=O) groups excluding carboxylic acids is 1. The van der Waals surface area contributed by atoms with E-state index in [1.54, 1.807) is 18.3 Å². The molecule has 1 fully saturated rings. The highest BCUT2D eigenvalue weighted by atomic mass is 19.4. The molecule has 2 aromatic heterocycles. The van der Waals surface area contributed by atoms with Crippen LogP contribution >= 0.6 is 0 Å². The molecular formula is C24H24F3N5O3. The van der Waals surface area contributed by atoms with Crippen molar-refractivity contribution in [3.8, 4) is 11.1 Å². The first kappa shape index (κ1) is 24.6. The fraction of sp³-hybridized carbons (Fsp3) is 0.333. The normalized spacial score (nSPS) is 16.1. The van der Waals surface area contributed by atoms with E-state index in [4.69, 9.17) is 9.47 Å². The summed E-state index contributed by atoms with van der Waals surface area (Å²) in [7, 11) is 0. The summed E-state index contributed by atoms with van der Waals surface area (Å²) in [5, 5.41) is 5.75. The van der Waals surface area contributed by atoms with Crippen LogP contribution in [0.3, 0.4) is 0 Å². The zero-order valence-corrected chi connectivity index (χ0v) is 18.9. The van der Waals surface area contributed by atoms with E-state index in [1.165, 1.54) is 12.3 Å². The zero-order valence-electron chi connectivity index (χ0n) is 18.9. The number of pyridine rings is 1. The van der Waals surface area contributed by atoms with Gasteiger partial charge < -0.3 is 20.1 Å². The van der Waals surface area contributed by atoms with Crippen LogP contribution in [0.25, 0.3) is 11.1 Å². The van der Waals surface area contributed by atoms with Gasteiger partial charge in [-0.2, -0.15) is 13.2 Å². The van der Waals surface area contributed by atoms with Crippen molar-refractivity contribution in [2.45, 2.75) is 25.6 Å². The van der Waals surface area contributed by atoms with Gasteiger partial charge in [-0.25, -0.2) is 9.97 Å². The van der Waals surface area contributed by atoms with Gasteiger partial charge >= 0.3 is 6.18 Å².